The minimum Gasteiger partial charge on any atom is -0.382 e. The highest BCUT2D eigenvalue weighted by Gasteiger charge is 2.16. The Morgan fingerprint density at radius 3 is 2.77 bits per heavy atom. The molecule has 3 N–H and O–H groups in total. The largest absolute Gasteiger partial charge is 0.382 e. The normalized spacial score (nSPS) is 12.8. The Balaban J connectivity index is 1.34. The molecule has 0 saturated heterocycles. The molecule has 1 aliphatic carbocycles. The van der Waals surface area contributed by atoms with Crippen molar-refractivity contribution in [2.24, 2.45) is 0 Å². The fourth-order valence-corrected chi connectivity index (χ4v) is 4.20. The number of amides is 1. The lowest BCUT2D eigenvalue weighted by Crippen LogP contribution is -2.25. The number of aromatic nitrogens is 3. The Bertz CT molecular complexity index is 914. The van der Waals surface area contributed by atoms with Gasteiger partial charge in [0.15, 0.2) is 0 Å². The van der Waals surface area contributed by atoms with Crippen LogP contribution in [0, 0.1) is 0 Å². The van der Waals surface area contributed by atoms with Crippen molar-refractivity contribution in [3.8, 4) is 11.3 Å². The first-order valence-corrected chi connectivity index (χ1v) is 9.44. The first kappa shape index (κ1) is 16.7. The van der Waals surface area contributed by atoms with Crippen LogP contribution in [0.1, 0.15) is 32.4 Å². The molecule has 0 aliphatic heterocycles. The molecule has 2 aromatic heterocycles. The Labute approximate surface area is 155 Å². The summed E-state index contributed by atoms with van der Waals surface area (Å²) in [5, 5.41) is 4.08. The molecule has 26 heavy (non-hydrogen) atoms. The number of thiazole rings is 1. The van der Waals surface area contributed by atoms with Gasteiger partial charge in [0.25, 0.3) is 5.91 Å². The van der Waals surface area contributed by atoms with Crippen LogP contribution in [-0.2, 0) is 19.3 Å². The average Bonchev–Trinajstić information content (AvgIpc) is 3.23. The Hall–Kier alpha value is -2.80. The number of benzene rings is 1. The van der Waals surface area contributed by atoms with E-state index < -0.39 is 0 Å². The van der Waals surface area contributed by atoms with Gasteiger partial charge in [0.1, 0.15) is 5.82 Å². The van der Waals surface area contributed by atoms with E-state index in [-0.39, 0.29) is 5.91 Å². The number of aryl methyl sites for hydroxylation is 2. The zero-order chi connectivity index (χ0) is 17.9. The first-order valence-electron chi connectivity index (χ1n) is 8.62. The highest BCUT2D eigenvalue weighted by molar-refractivity contribution is 7.11. The van der Waals surface area contributed by atoms with Crippen LogP contribution in [0.3, 0.4) is 0 Å². The van der Waals surface area contributed by atoms with Crippen molar-refractivity contribution in [2.45, 2.75) is 25.7 Å². The Kier molecular flexibility index (Phi) is 4.62. The summed E-state index contributed by atoms with van der Waals surface area (Å²) in [5.41, 5.74) is 9.10. The third kappa shape index (κ3) is 3.57. The molecule has 0 atom stereocenters. The molecule has 1 aromatic carbocycles. The highest BCUT2D eigenvalue weighted by Crippen LogP contribution is 2.27. The fourth-order valence-electron chi connectivity index (χ4n) is 3.05. The number of hydrogen-bond acceptors (Lipinski definition) is 6. The first-order chi connectivity index (χ1) is 12.7. The summed E-state index contributed by atoms with van der Waals surface area (Å²) in [5.74, 6) is 0.289. The molecule has 1 amide bonds. The van der Waals surface area contributed by atoms with Crippen LogP contribution in [-0.4, -0.2) is 27.4 Å². The molecule has 132 valence electrons. The molecule has 0 unspecified atom stereocenters. The summed E-state index contributed by atoms with van der Waals surface area (Å²) in [6, 6.07) is 7.27. The number of fused-ring (bicyclic) bond motifs is 1. The number of anilines is 1. The van der Waals surface area contributed by atoms with Gasteiger partial charge in [-0.2, -0.15) is 0 Å². The van der Waals surface area contributed by atoms with Crippen molar-refractivity contribution < 1.29 is 4.79 Å². The van der Waals surface area contributed by atoms with E-state index in [4.69, 9.17) is 5.73 Å². The molecule has 4 rings (SSSR count). The minimum atomic E-state index is -0.0840. The van der Waals surface area contributed by atoms with Crippen molar-refractivity contribution in [1.29, 1.82) is 0 Å². The van der Waals surface area contributed by atoms with Gasteiger partial charge in [-0.25, -0.2) is 9.97 Å². The van der Waals surface area contributed by atoms with Gasteiger partial charge in [-0.15, -0.1) is 11.3 Å². The van der Waals surface area contributed by atoms with E-state index in [1.54, 1.807) is 29.7 Å². The second-order valence-electron chi connectivity index (χ2n) is 6.24. The average molecular weight is 365 g/mol. The molecule has 3 aromatic rings. The maximum Gasteiger partial charge on any atom is 0.251 e. The smallest absolute Gasteiger partial charge is 0.251 e. The van der Waals surface area contributed by atoms with Crippen LogP contribution in [0.5, 0.6) is 0 Å². The van der Waals surface area contributed by atoms with Crippen molar-refractivity contribution in [3.05, 3.63) is 57.8 Å². The van der Waals surface area contributed by atoms with Crippen LogP contribution in [0.4, 0.5) is 5.82 Å². The fraction of sp³-hybridized carbons (Fsp3) is 0.263. The minimum absolute atomic E-state index is 0.0840. The molecule has 0 spiro atoms. The number of hydrogen-bond donors (Lipinski definition) is 2. The van der Waals surface area contributed by atoms with Crippen molar-refractivity contribution in [1.82, 2.24) is 20.3 Å². The number of rotatable bonds is 5. The Morgan fingerprint density at radius 2 is 2.00 bits per heavy atom. The lowest BCUT2D eigenvalue weighted by Gasteiger charge is -2.06. The van der Waals surface area contributed by atoms with Gasteiger partial charge < -0.3 is 11.1 Å². The van der Waals surface area contributed by atoms with Crippen LogP contribution < -0.4 is 11.1 Å². The summed E-state index contributed by atoms with van der Waals surface area (Å²) in [4.78, 5) is 26.6. The number of carbonyl (C=O) groups is 1. The predicted molar refractivity (Wildman–Crippen MR) is 102 cm³/mol. The zero-order valence-corrected chi connectivity index (χ0v) is 15.1. The van der Waals surface area contributed by atoms with Crippen LogP contribution in [0.2, 0.25) is 0 Å². The topological polar surface area (TPSA) is 93.8 Å². The number of carbonyl (C=O) groups excluding carboxylic acids is 1. The number of nitrogen functional groups attached to an aromatic ring is 1. The van der Waals surface area contributed by atoms with E-state index in [0.29, 0.717) is 23.6 Å². The Morgan fingerprint density at radius 1 is 1.15 bits per heavy atom. The monoisotopic (exact) mass is 365 g/mol. The van der Waals surface area contributed by atoms with E-state index in [1.165, 1.54) is 23.2 Å². The molecule has 0 radical (unpaired) electrons. The standard InChI is InChI=1S/C19H19N5OS/c20-17-11-21-10-15(23-17)12-4-6-13(7-5-12)19(25)22-9-8-18-24-14-2-1-3-16(14)26-18/h4-7,10-11H,1-3,8-9H2,(H2,20,23)(H,22,25). The van der Waals surface area contributed by atoms with E-state index in [1.807, 2.05) is 12.1 Å². The van der Waals surface area contributed by atoms with Crippen molar-refractivity contribution in [3.63, 3.8) is 0 Å². The second kappa shape index (κ2) is 7.21. The number of nitrogens with one attached hydrogen (secondary N) is 1. The molecule has 2 heterocycles. The lowest BCUT2D eigenvalue weighted by atomic mass is 10.1. The van der Waals surface area contributed by atoms with Gasteiger partial charge in [0.05, 0.1) is 28.8 Å². The van der Waals surface area contributed by atoms with E-state index in [0.717, 1.165) is 29.8 Å². The van der Waals surface area contributed by atoms with E-state index in [2.05, 4.69) is 20.3 Å². The van der Waals surface area contributed by atoms with Crippen LogP contribution in [0.25, 0.3) is 11.3 Å². The molecular formula is C19H19N5OS. The number of nitrogens with two attached hydrogens (primary N) is 1. The summed E-state index contributed by atoms with van der Waals surface area (Å²) >= 11 is 1.78. The molecule has 0 saturated carbocycles. The van der Waals surface area contributed by atoms with E-state index in [9.17, 15) is 4.79 Å². The molecule has 1 aliphatic rings. The molecule has 0 fully saturated rings. The molecule has 6 nitrogen and oxygen atoms in total. The third-order valence-corrected chi connectivity index (χ3v) is 5.58. The summed E-state index contributed by atoms with van der Waals surface area (Å²) in [6.45, 7) is 0.591. The van der Waals surface area contributed by atoms with Crippen molar-refractivity contribution in [2.75, 3.05) is 12.3 Å². The van der Waals surface area contributed by atoms with Crippen LogP contribution in [0.15, 0.2) is 36.7 Å². The quantitative estimate of drug-likeness (QED) is 0.725. The van der Waals surface area contributed by atoms with Crippen molar-refractivity contribution >= 4 is 23.1 Å². The van der Waals surface area contributed by atoms with Gasteiger partial charge in [-0.3, -0.25) is 9.78 Å². The summed E-state index contributed by atoms with van der Waals surface area (Å²) in [6.07, 6.45) is 7.41. The molecule has 7 heteroatoms. The second-order valence-corrected chi connectivity index (χ2v) is 7.41. The summed E-state index contributed by atoms with van der Waals surface area (Å²) in [7, 11) is 0. The van der Waals surface area contributed by atoms with Gasteiger partial charge in [-0.05, 0) is 31.4 Å². The van der Waals surface area contributed by atoms with Gasteiger partial charge in [0.2, 0.25) is 0 Å². The van der Waals surface area contributed by atoms with Gasteiger partial charge in [0, 0.05) is 29.0 Å². The number of nitrogens with zero attached hydrogens (tertiary/aromatic N) is 3. The predicted octanol–water partition coefficient (Wildman–Crippen LogP) is 2.64. The lowest BCUT2D eigenvalue weighted by molar-refractivity contribution is 0.0954. The third-order valence-electron chi connectivity index (χ3n) is 4.36. The maximum absolute atomic E-state index is 12.3. The van der Waals surface area contributed by atoms with E-state index >= 15 is 0 Å². The zero-order valence-electron chi connectivity index (χ0n) is 14.2. The SMILES string of the molecule is Nc1cncc(-c2ccc(C(=O)NCCc3nc4c(s3)CCC4)cc2)n1. The van der Waals surface area contributed by atoms with Crippen LogP contribution >= 0.6 is 11.3 Å². The highest BCUT2D eigenvalue weighted by atomic mass is 32.1. The molecular weight excluding hydrogens is 346 g/mol. The van der Waals surface area contributed by atoms with Gasteiger partial charge >= 0.3 is 0 Å². The summed E-state index contributed by atoms with van der Waals surface area (Å²) < 4.78 is 0. The van der Waals surface area contributed by atoms with Gasteiger partial charge in [-0.1, -0.05) is 12.1 Å². The maximum atomic E-state index is 12.3. The molecule has 0 bridgehead atoms.